The predicted molar refractivity (Wildman–Crippen MR) is 107 cm³/mol. The van der Waals surface area contributed by atoms with Gasteiger partial charge in [0, 0.05) is 32.2 Å². The Morgan fingerprint density at radius 1 is 1.29 bits per heavy atom. The van der Waals surface area contributed by atoms with Gasteiger partial charge < -0.3 is 19.2 Å². The zero-order valence-electron chi connectivity index (χ0n) is 16.7. The lowest BCUT2D eigenvalue weighted by Crippen LogP contribution is -2.43. The summed E-state index contributed by atoms with van der Waals surface area (Å²) in [4.78, 5) is 26.5. The molecule has 0 saturated carbocycles. The molecule has 0 spiro atoms. The van der Waals surface area contributed by atoms with Crippen molar-refractivity contribution in [1.82, 2.24) is 10.2 Å². The molecule has 28 heavy (non-hydrogen) atoms. The first-order valence-electron chi connectivity index (χ1n) is 9.79. The second kappa shape index (κ2) is 9.21. The SMILES string of the molecule is CCc1cc(=O)oc2cc(C)cc(O[C@@H](C)C(=O)NCCN3CCOCC3)c12. The molecule has 1 aliphatic rings. The molecular formula is C21H28N2O5. The molecule has 2 aromatic rings. The first kappa shape index (κ1) is 20.4. The number of nitrogens with one attached hydrogen (secondary N) is 1. The van der Waals surface area contributed by atoms with Gasteiger partial charge in [0.05, 0.1) is 18.6 Å². The third kappa shape index (κ3) is 4.91. The van der Waals surface area contributed by atoms with E-state index in [9.17, 15) is 9.59 Å². The summed E-state index contributed by atoms with van der Waals surface area (Å²) in [6.07, 6.45) is 0.00749. The van der Waals surface area contributed by atoms with Gasteiger partial charge in [-0.1, -0.05) is 6.92 Å². The molecule has 7 nitrogen and oxygen atoms in total. The highest BCUT2D eigenvalue weighted by Crippen LogP contribution is 2.30. The maximum Gasteiger partial charge on any atom is 0.336 e. The molecule has 1 fully saturated rings. The number of morpholine rings is 1. The molecule has 0 aliphatic carbocycles. The minimum atomic E-state index is -0.661. The minimum absolute atomic E-state index is 0.168. The van der Waals surface area contributed by atoms with Crippen LogP contribution in [0.2, 0.25) is 0 Å². The predicted octanol–water partition coefficient (Wildman–Crippen LogP) is 1.88. The monoisotopic (exact) mass is 388 g/mol. The Morgan fingerprint density at radius 3 is 2.75 bits per heavy atom. The summed E-state index contributed by atoms with van der Waals surface area (Å²) in [7, 11) is 0. The topological polar surface area (TPSA) is 81.0 Å². The maximum absolute atomic E-state index is 12.5. The summed E-state index contributed by atoms with van der Waals surface area (Å²) in [6, 6.07) is 5.17. The third-order valence-electron chi connectivity index (χ3n) is 4.92. The van der Waals surface area contributed by atoms with Gasteiger partial charge in [-0.2, -0.15) is 0 Å². The number of carbonyl (C=O) groups is 1. The normalized spacial score (nSPS) is 16.1. The zero-order valence-corrected chi connectivity index (χ0v) is 16.7. The third-order valence-corrected chi connectivity index (χ3v) is 4.92. The van der Waals surface area contributed by atoms with Crippen molar-refractivity contribution in [2.45, 2.75) is 33.3 Å². The number of benzene rings is 1. The van der Waals surface area contributed by atoms with E-state index >= 15 is 0 Å². The molecule has 0 bridgehead atoms. The zero-order chi connectivity index (χ0) is 20.1. The van der Waals surface area contributed by atoms with Crippen molar-refractivity contribution in [2.24, 2.45) is 0 Å². The molecule has 1 aromatic heterocycles. The summed E-state index contributed by atoms with van der Waals surface area (Å²) in [5.74, 6) is 0.393. The molecule has 1 aliphatic heterocycles. The fourth-order valence-corrected chi connectivity index (χ4v) is 3.39. The van der Waals surface area contributed by atoms with Crippen LogP contribution < -0.4 is 15.7 Å². The van der Waals surface area contributed by atoms with Crippen LogP contribution in [0.4, 0.5) is 0 Å². The van der Waals surface area contributed by atoms with Gasteiger partial charge in [-0.3, -0.25) is 9.69 Å². The van der Waals surface area contributed by atoms with Gasteiger partial charge in [0.1, 0.15) is 11.3 Å². The number of fused-ring (bicyclic) bond motifs is 1. The molecule has 152 valence electrons. The van der Waals surface area contributed by atoms with E-state index in [1.54, 1.807) is 6.92 Å². The molecule has 1 atom stereocenters. The Morgan fingerprint density at radius 2 is 2.04 bits per heavy atom. The summed E-state index contributed by atoms with van der Waals surface area (Å²) in [6.45, 7) is 10.2. The van der Waals surface area contributed by atoms with E-state index < -0.39 is 6.10 Å². The molecule has 7 heteroatoms. The van der Waals surface area contributed by atoms with Gasteiger partial charge in [0.25, 0.3) is 5.91 Å². The van der Waals surface area contributed by atoms with Crippen LogP contribution in [-0.4, -0.2) is 56.3 Å². The summed E-state index contributed by atoms with van der Waals surface area (Å²) >= 11 is 0. The summed E-state index contributed by atoms with van der Waals surface area (Å²) in [5.41, 5.74) is 1.86. The second-order valence-corrected chi connectivity index (χ2v) is 7.09. The number of carbonyl (C=O) groups excluding carboxylic acids is 1. The van der Waals surface area contributed by atoms with E-state index in [4.69, 9.17) is 13.9 Å². The summed E-state index contributed by atoms with van der Waals surface area (Å²) < 4.78 is 16.7. The molecule has 1 N–H and O–H groups in total. The van der Waals surface area contributed by atoms with Crippen LogP contribution in [0.1, 0.15) is 25.0 Å². The van der Waals surface area contributed by atoms with Crippen LogP contribution in [0.25, 0.3) is 11.0 Å². The fourth-order valence-electron chi connectivity index (χ4n) is 3.39. The Hall–Kier alpha value is -2.38. The Kier molecular flexibility index (Phi) is 6.70. The molecule has 1 aromatic carbocycles. The van der Waals surface area contributed by atoms with Crippen molar-refractivity contribution < 1.29 is 18.7 Å². The lowest BCUT2D eigenvalue weighted by Gasteiger charge is -2.26. The first-order valence-corrected chi connectivity index (χ1v) is 9.79. The Bertz CT molecular complexity index is 886. The van der Waals surface area contributed by atoms with E-state index in [0.717, 1.165) is 49.4 Å². The van der Waals surface area contributed by atoms with Crippen LogP contribution in [0.15, 0.2) is 27.4 Å². The minimum Gasteiger partial charge on any atom is -0.480 e. The smallest absolute Gasteiger partial charge is 0.336 e. The highest BCUT2D eigenvalue weighted by Gasteiger charge is 2.19. The fraction of sp³-hybridized carbons (Fsp3) is 0.524. The second-order valence-electron chi connectivity index (χ2n) is 7.09. The molecule has 1 amide bonds. The highest BCUT2D eigenvalue weighted by atomic mass is 16.5. The van der Waals surface area contributed by atoms with Gasteiger partial charge in [-0.05, 0) is 43.5 Å². The summed E-state index contributed by atoms with van der Waals surface area (Å²) in [5, 5.41) is 3.68. The largest absolute Gasteiger partial charge is 0.480 e. The standard InChI is InChI=1S/C21H28N2O5/c1-4-16-13-19(24)28-18-12-14(2)11-17(20(16)18)27-15(3)21(25)22-5-6-23-7-9-26-10-8-23/h11-13,15H,4-10H2,1-3H3,(H,22,25)/t15-/m0/s1. The number of ether oxygens (including phenoxy) is 2. The molecule has 1 saturated heterocycles. The highest BCUT2D eigenvalue weighted by molar-refractivity contribution is 5.88. The molecule has 3 rings (SSSR count). The van der Waals surface area contributed by atoms with Crippen molar-refractivity contribution in [3.63, 3.8) is 0 Å². The number of nitrogens with zero attached hydrogens (tertiary/aromatic N) is 1. The van der Waals surface area contributed by atoms with Crippen LogP contribution in [0.3, 0.4) is 0 Å². The number of amides is 1. The lowest BCUT2D eigenvalue weighted by atomic mass is 10.0. The molecule has 0 radical (unpaired) electrons. The molecular weight excluding hydrogens is 360 g/mol. The van der Waals surface area contributed by atoms with Gasteiger partial charge >= 0.3 is 5.63 Å². The average molecular weight is 388 g/mol. The number of hydrogen-bond acceptors (Lipinski definition) is 6. The maximum atomic E-state index is 12.5. The van der Waals surface area contributed by atoms with E-state index in [0.29, 0.717) is 24.3 Å². The average Bonchev–Trinajstić information content (AvgIpc) is 2.67. The number of rotatable bonds is 7. The van der Waals surface area contributed by atoms with E-state index in [1.807, 2.05) is 26.0 Å². The first-order chi connectivity index (χ1) is 13.5. The Labute approximate surface area is 164 Å². The van der Waals surface area contributed by atoms with Crippen molar-refractivity contribution in [3.05, 3.63) is 39.7 Å². The van der Waals surface area contributed by atoms with Crippen molar-refractivity contribution >= 4 is 16.9 Å². The van der Waals surface area contributed by atoms with Crippen molar-refractivity contribution in [2.75, 3.05) is 39.4 Å². The number of hydrogen-bond donors (Lipinski definition) is 1. The van der Waals surface area contributed by atoms with Crippen LogP contribution in [-0.2, 0) is 16.0 Å². The van der Waals surface area contributed by atoms with Gasteiger partial charge in [0.2, 0.25) is 0 Å². The number of aryl methyl sites for hydroxylation is 2. The van der Waals surface area contributed by atoms with E-state index in [1.165, 1.54) is 6.07 Å². The van der Waals surface area contributed by atoms with Gasteiger partial charge in [-0.15, -0.1) is 0 Å². The van der Waals surface area contributed by atoms with Gasteiger partial charge in [-0.25, -0.2) is 4.79 Å². The Balaban J connectivity index is 1.68. The van der Waals surface area contributed by atoms with E-state index in [2.05, 4.69) is 10.2 Å². The van der Waals surface area contributed by atoms with Crippen LogP contribution >= 0.6 is 0 Å². The van der Waals surface area contributed by atoms with Crippen molar-refractivity contribution in [3.8, 4) is 5.75 Å². The molecule has 0 unspecified atom stereocenters. The van der Waals surface area contributed by atoms with E-state index in [-0.39, 0.29) is 11.5 Å². The molecule has 2 heterocycles. The lowest BCUT2D eigenvalue weighted by molar-refractivity contribution is -0.127. The van der Waals surface area contributed by atoms with Crippen LogP contribution in [0.5, 0.6) is 5.75 Å². The van der Waals surface area contributed by atoms with Crippen molar-refractivity contribution in [1.29, 1.82) is 0 Å². The quantitative estimate of drug-likeness (QED) is 0.730. The van der Waals surface area contributed by atoms with Gasteiger partial charge in [0.15, 0.2) is 6.10 Å². The van der Waals surface area contributed by atoms with Crippen LogP contribution in [0, 0.1) is 6.92 Å².